The highest BCUT2D eigenvalue weighted by molar-refractivity contribution is 5.71. The lowest BCUT2D eigenvalue weighted by molar-refractivity contribution is -0.192. The van der Waals surface area contributed by atoms with Crippen LogP contribution in [0.15, 0.2) is 22.8 Å². The summed E-state index contributed by atoms with van der Waals surface area (Å²) in [6, 6.07) is 3.17. The number of carboxylic acids is 1. The molecule has 0 aromatic carbocycles. The van der Waals surface area contributed by atoms with E-state index in [1.165, 1.54) is 6.26 Å². The van der Waals surface area contributed by atoms with Crippen LogP contribution in [0, 0.1) is 5.92 Å². The Morgan fingerprint density at radius 1 is 1.56 bits per heavy atom. The molecule has 0 bridgehead atoms. The quantitative estimate of drug-likeness (QED) is 0.817. The number of nitrogens with one attached hydrogen (secondary N) is 1. The highest BCUT2D eigenvalue weighted by Crippen LogP contribution is 2.25. The number of furan rings is 1. The first-order valence-corrected chi connectivity index (χ1v) is 4.44. The molecule has 16 heavy (non-hydrogen) atoms. The Balaban J connectivity index is 2.42. The van der Waals surface area contributed by atoms with E-state index in [-0.39, 0.29) is 6.54 Å². The van der Waals surface area contributed by atoms with Gasteiger partial charge in [-0.25, -0.2) is 0 Å². The molecular weight excluding hydrogens is 227 g/mol. The first-order valence-electron chi connectivity index (χ1n) is 4.44. The van der Waals surface area contributed by atoms with Crippen molar-refractivity contribution in [2.45, 2.75) is 12.7 Å². The number of rotatable bonds is 5. The minimum absolute atomic E-state index is 0.0624. The molecule has 1 heterocycles. The van der Waals surface area contributed by atoms with Crippen molar-refractivity contribution in [3.63, 3.8) is 0 Å². The van der Waals surface area contributed by atoms with Crippen molar-refractivity contribution in [2.24, 2.45) is 5.92 Å². The lowest BCUT2D eigenvalue weighted by Crippen LogP contribution is -2.38. The minimum atomic E-state index is -4.75. The van der Waals surface area contributed by atoms with Gasteiger partial charge in [-0.05, 0) is 12.1 Å². The van der Waals surface area contributed by atoms with E-state index in [2.05, 4.69) is 5.32 Å². The minimum Gasteiger partial charge on any atom is -0.481 e. The van der Waals surface area contributed by atoms with Crippen molar-refractivity contribution in [1.82, 2.24) is 5.32 Å². The Morgan fingerprint density at radius 3 is 2.69 bits per heavy atom. The maximum absolute atomic E-state index is 12.2. The summed E-state index contributed by atoms with van der Waals surface area (Å²) < 4.78 is 41.4. The summed E-state index contributed by atoms with van der Waals surface area (Å²) in [6.45, 7) is -0.619. The van der Waals surface area contributed by atoms with Gasteiger partial charge in [0.1, 0.15) is 5.76 Å². The van der Waals surface area contributed by atoms with Gasteiger partial charge in [0, 0.05) is 6.54 Å². The van der Waals surface area contributed by atoms with Crippen LogP contribution < -0.4 is 5.32 Å². The van der Waals surface area contributed by atoms with Gasteiger partial charge in [-0.3, -0.25) is 4.79 Å². The van der Waals surface area contributed by atoms with Gasteiger partial charge in [-0.2, -0.15) is 13.2 Å². The van der Waals surface area contributed by atoms with E-state index < -0.39 is 24.6 Å². The fourth-order valence-corrected chi connectivity index (χ4v) is 1.10. The van der Waals surface area contributed by atoms with Gasteiger partial charge in [-0.15, -0.1) is 0 Å². The average molecular weight is 237 g/mol. The molecule has 1 atom stereocenters. The number of alkyl halides is 3. The number of halogens is 3. The van der Waals surface area contributed by atoms with Crippen molar-refractivity contribution in [2.75, 3.05) is 6.54 Å². The monoisotopic (exact) mass is 237 g/mol. The zero-order valence-electron chi connectivity index (χ0n) is 8.12. The van der Waals surface area contributed by atoms with E-state index in [0.29, 0.717) is 5.76 Å². The van der Waals surface area contributed by atoms with Crippen molar-refractivity contribution >= 4 is 5.97 Å². The normalized spacial score (nSPS) is 13.7. The lowest BCUT2D eigenvalue weighted by Gasteiger charge is -2.15. The summed E-state index contributed by atoms with van der Waals surface area (Å²) in [5.41, 5.74) is 0. The Kier molecular flexibility index (Phi) is 3.94. The van der Waals surface area contributed by atoms with E-state index in [0.717, 1.165) is 0 Å². The molecule has 0 aliphatic heterocycles. The predicted molar refractivity (Wildman–Crippen MR) is 47.6 cm³/mol. The first kappa shape index (κ1) is 12.6. The fourth-order valence-electron chi connectivity index (χ4n) is 1.10. The van der Waals surface area contributed by atoms with Crippen LogP contribution in [0.3, 0.4) is 0 Å². The summed E-state index contributed by atoms with van der Waals surface area (Å²) >= 11 is 0. The molecule has 0 aliphatic carbocycles. The molecular formula is C9H10F3NO3. The predicted octanol–water partition coefficient (Wildman–Crippen LogP) is 1.63. The average Bonchev–Trinajstić information content (AvgIpc) is 2.61. The van der Waals surface area contributed by atoms with Crippen LogP contribution in [0.4, 0.5) is 13.2 Å². The molecule has 1 unspecified atom stereocenters. The van der Waals surface area contributed by atoms with Gasteiger partial charge in [-0.1, -0.05) is 0 Å². The topological polar surface area (TPSA) is 62.5 Å². The number of hydrogen-bond donors (Lipinski definition) is 2. The van der Waals surface area contributed by atoms with Crippen LogP contribution in [0.1, 0.15) is 5.76 Å². The Morgan fingerprint density at radius 2 is 2.25 bits per heavy atom. The van der Waals surface area contributed by atoms with Gasteiger partial charge < -0.3 is 14.8 Å². The molecule has 0 saturated carbocycles. The smallest absolute Gasteiger partial charge is 0.403 e. The number of carbonyl (C=O) groups is 1. The van der Waals surface area contributed by atoms with Crippen LogP contribution in [0.2, 0.25) is 0 Å². The maximum Gasteiger partial charge on any atom is 0.403 e. The van der Waals surface area contributed by atoms with E-state index >= 15 is 0 Å². The number of aliphatic carboxylic acids is 1. The Labute approximate surface area is 89.1 Å². The summed E-state index contributed by atoms with van der Waals surface area (Å²) in [4.78, 5) is 10.4. The maximum atomic E-state index is 12.2. The molecule has 0 radical (unpaired) electrons. The molecule has 1 rings (SSSR count). The Hall–Kier alpha value is -1.50. The van der Waals surface area contributed by atoms with E-state index in [1.807, 2.05) is 0 Å². The van der Waals surface area contributed by atoms with Crippen LogP contribution in [0.5, 0.6) is 0 Å². The number of carboxylic acid groups (broad SMARTS) is 1. The lowest BCUT2D eigenvalue weighted by atomic mass is 10.1. The molecule has 1 aromatic heterocycles. The van der Waals surface area contributed by atoms with Gasteiger partial charge in [0.2, 0.25) is 0 Å². The third kappa shape index (κ3) is 3.58. The van der Waals surface area contributed by atoms with E-state index in [1.54, 1.807) is 12.1 Å². The zero-order valence-corrected chi connectivity index (χ0v) is 8.12. The van der Waals surface area contributed by atoms with Crippen LogP contribution in [-0.2, 0) is 11.3 Å². The van der Waals surface area contributed by atoms with E-state index in [4.69, 9.17) is 9.52 Å². The first-order chi connectivity index (χ1) is 7.41. The highest BCUT2D eigenvalue weighted by atomic mass is 19.4. The second kappa shape index (κ2) is 5.02. The summed E-state index contributed by atoms with van der Waals surface area (Å²) in [7, 11) is 0. The molecule has 0 amide bonds. The van der Waals surface area contributed by atoms with Crippen molar-refractivity contribution in [3.8, 4) is 0 Å². The molecule has 2 N–H and O–H groups in total. The van der Waals surface area contributed by atoms with Crippen molar-refractivity contribution < 1.29 is 27.5 Å². The fraction of sp³-hybridized carbons (Fsp3) is 0.444. The summed E-state index contributed by atoms with van der Waals surface area (Å²) in [5.74, 6) is -3.84. The number of hydrogen-bond acceptors (Lipinski definition) is 3. The van der Waals surface area contributed by atoms with Crippen LogP contribution >= 0.6 is 0 Å². The third-order valence-corrected chi connectivity index (χ3v) is 1.92. The van der Waals surface area contributed by atoms with E-state index in [9.17, 15) is 18.0 Å². The molecule has 0 fully saturated rings. The second-order valence-corrected chi connectivity index (χ2v) is 3.14. The molecule has 7 heteroatoms. The van der Waals surface area contributed by atoms with Crippen molar-refractivity contribution in [3.05, 3.63) is 24.2 Å². The third-order valence-electron chi connectivity index (χ3n) is 1.92. The standard InChI is InChI=1S/C9H10F3NO3/c10-9(11,12)7(8(14)15)5-13-4-6-2-1-3-16-6/h1-3,7,13H,4-5H2,(H,14,15). The molecule has 0 saturated heterocycles. The SMILES string of the molecule is O=C(O)C(CNCc1ccco1)C(F)(F)F. The molecule has 0 aliphatic rings. The van der Waals surface area contributed by atoms with Gasteiger partial charge >= 0.3 is 12.1 Å². The largest absolute Gasteiger partial charge is 0.481 e. The van der Waals surface area contributed by atoms with Crippen LogP contribution in [-0.4, -0.2) is 23.8 Å². The molecule has 0 spiro atoms. The zero-order chi connectivity index (χ0) is 12.2. The van der Waals surface area contributed by atoms with Gasteiger partial charge in [0.05, 0.1) is 12.8 Å². The van der Waals surface area contributed by atoms with Gasteiger partial charge in [0.25, 0.3) is 0 Å². The second-order valence-electron chi connectivity index (χ2n) is 3.14. The Bertz CT molecular complexity index is 334. The highest BCUT2D eigenvalue weighted by Gasteiger charge is 2.44. The van der Waals surface area contributed by atoms with Crippen molar-refractivity contribution in [1.29, 1.82) is 0 Å². The molecule has 4 nitrogen and oxygen atoms in total. The molecule has 1 aromatic rings. The summed E-state index contributed by atoms with van der Waals surface area (Å²) in [6.07, 6.45) is -3.36. The van der Waals surface area contributed by atoms with Gasteiger partial charge in [0.15, 0.2) is 5.92 Å². The van der Waals surface area contributed by atoms with Crippen LogP contribution in [0.25, 0.3) is 0 Å². The molecule has 90 valence electrons. The summed E-state index contributed by atoms with van der Waals surface area (Å²) in [5, 5.41) is 10.8.